The molecule has 2 N–H and O–H groups in total. The highest BCUT2D eigenvalue weighted by molar-refractivity contribution is 4.76. The minimum atomic E-state index is 0.431. The summed E-state index contributed by atoms with van der Waals surface area (Å²) in [6.07, 6.45) is 6.76. The zero-order valence-corrected chi connectivity index (χ0v) is 9.83. The third-order valence-electron chi connectivity index (χ3n) is 3.72. The highest BCUT2D eigenvalue weighted by Gasteiger charge is 2.17. The summed E-state index contributed by atoms with van der Waals surface area (Å²) < 4.78 is 0. The summed E-state index contributed by atoms with van der Waals surface area (Å²) in [4.78, 5) is 5.16. The molecule has 88 valence electrons. The van der Waals surface area contributed by atoms with Gasteiger partial charge in [-0.2, -0.15) is 0 Å². The Labute approximate surface area is 93.6 Å². The SMILES string of the molecule is NC1CCCN(CCN2CCCCC2)C1. The molecule has 2 fully saturated rings. The minimum absolute atomic E-state index is 0.431. The van der Waals surface area contributed by atoms with Crippen LogP contribution in [0.3, 0.4) is 0 Å². The van der Waals surface area contributed by atoms with Gasteiger partial charge in [-0.05, 0) is 45.3 Å². The molecule has 2 saturated heterocycles. The Balaban J connectivity index is 1.63. The second kappa shape index (κ2) is 5.83. The molecule has 0 aromatic heterocycles. The van der Waals surface area contributed by atoms with Crippen LogP contribution < -0.4 is 5.73 Å². The predicted molar refractivity (Wildman–Crippen MR) is 63.9 cm³/mol. The van der Waals surface area contributed by atoms with Crippen LogP contribution in [-0.4, -0.2) is 55.1 Å². The van der Waals surface area contributed by atoms with E-state index in [4.69, 9.17) is 5.73 Å². The molecular weight excluding hydrogens is 186 g/mol. The lowest BCUT2D eigenvalue weighted by atomic mass is 10.1. The van der Waals surface area contributed by atoms with Gasteiger partial charge in [0.05, 0.1) is 0 Å². The average Bonchev–Trinajstić information content (AvgIpc) is 2.28. The van der Waals surface area contributed by atoms with Crippen molar-refractivity contribution in [2.24, 2.45) is 5.73 Å². The van der Waals surface area contributed by atoms with Crippen LogP contribution in [0.1, 0.15) is 32.1 Å². The first-order valence-electron chi connectivity index (χ1n) is 6.55. The molecule has 15 heavy (non-hydrogen) atoms. The largest absolute Gasteiger partial charge is 0.327 e. The van der Waals surface area contributed by atoms with Crippen molar-refractivity contribution in [2.45, 2.75) is 38.1 Å². The molecule has 2 rings (SSSR count). The molecule has 2 heterocycles. The summed E-state index contributed by atoms with van der Waals surface area (Å²) in [6.45, 7) is 7.51. The predicted octanol–water partition coefficient (Wildman–Crippen LogP) is 0.895. The van der Waals surface area contributed by atoms with Gasteiger partial charge in [0.15, 0.2) is 0 Å². The van der Waals surface area contributed by atoms with E-state index in [0.717, 1.165) is 6.54 Å². The maximum absolute atomic E-state index is 5.98. The van der Waals surface area contributed by atoms with Gasteiger partial charge in [-0.15, -0.1) is 0 Å². The number of likely N-dealkylation sites (tertiary alicyclic amines) is 2. The van der Waals surface area contributed by atoms with E-state index >= 15 is 0 Å². The fraction of sp³-hybridized carbons (Fsp3) is 1.00. The first-order chi connectivity index (χ1) is 7.34. The van der Waals surface area contributed by atoms with Crippen molar-refractivity contribution in [3.63, 3.8) is 0 Å². The van der Waals surface area contributed by atoms with Gasteiger partial charge in [0, 0.05) is 25.7 Å². The van der Waals surface area contributed by atoms with Crippen LogP contribution in [0.2, 0.25) is 0 Å². The Morgan fingerprint density at radius 2 is 1.53 bits per heavy atom. The maximum atomic E-state index is 5.98. The normalized spacial score (nSPS) is 30.6. The maximum Gasteiger partial charge on any atom is 0.0168 e. The van der Waals surface area contributed by atoms with Gasteiger partial charge >= 0.3 is 0 Å². The van der Waals surface area contributed by atoms with Gasteiger partial charge in [0.1, 0.15) is 0 Å². The van der Waals surface area contributed by atoms with Gasteiger partial charge in [0.2, 0.25) is 0 Å². The van der Waals surface area contributed by atoms with Crippen molar-refractivity contribution in [3.8, 4) is 0 Å². The molecule has 0 radical (unpaired) electrons. The fourth-order valence-electron chi connectivity index (χ4n) is 2.76. The minimum Gasteiger partial charge on any atom is -0.327 e. The molecule has 0 aromatic rings. The number of rotatable bonds is 3. The van der Waals surface area contributed by atoms with Crippen LogP contribution in [0.15, 0.2) is 0 Å². The highest BCUT2D eigenvalue weighted by Crippen LogP contribution is 2.10. The number of piperidine rings is 2. The van der Waals surface area contributed by atoms with Crippen LogP contribution >= 0.6 is 0 Å². The molecule has 0 spiro atoms. The number of hydrogen-bond acceptors (Lipinski definition) is 3. The number of nitrogens with two attached hydrogens (primary N) is 1. The van der Waals surface area contributed by atoms with Gasteiger partial charge in [0.25, 0.3) is 0 Å². The molecule has 0 saturated carbocycles. The summed E-state index contributed by atoms with van der Waals surface area (Å²) in [6, 6.07) is 0.431. The monoisotopic (exact) mass is 211 g/mol. The number of nitrogens with zero attached hydrogens (tertiary/aromatic N) is 2. The molecule has 0 aromatic carbocycles. The standard InChI is InChI=1S/C12H25N3/c13-12-5-4-8-15(11-12)10-9-14-6-2-1-3-7-14/h12H,1-11,13H2. The molecule has 0 amide bonds. The van der Waals surface area contributed by atoms with Crippen molar-refractivity contribution >= 4 is 0 Å². The van der Waals surface area contributed by atoms with Crippen molar-refractivity contribution < 1.29 is 0 Å². The third-order valence-corrected chi connectivity index (χ3v) is 3.72. The second-order valence-electron chi connectivity index (χ2n) is 5.11. The van der Waals surface area contributed by atoms with E-state index in [9.17, 15) is 0 Å². The van der Waals surface area contributed by atoms with E-state index in [-0.39, 0.29) is 0 Å². The van der Waals surface area contributed by atoms with E-state index in [1.54, 1.807) is 0 Å². The molecule has 2 aliphatic rings. The van der Waals surface area contributed by atoms with Crippen LogP contribution in [0.25, 0.3) is 0 Å². The van der Waals surface area contributed by atoms with Crippen LogP contribution in [0, 0.1) is 0 Å². The molecular formula is C12H25N3. The van der Waals surface area contributed by atoms with E-state index < -0.39 is 0 Å². The molecule has 1 unspecified atom stereocenters. The van der Waals surface area contributed by atoms with Crippen LogP contribution in [-0.2, 0) is 0 Å². The van der Waals surface area contributed by atoms with E-state index in [0.29, 0.717) is 6.04 Å². The quantitative estimate of drug-likeness (QED) is 0.752. The third kappa shape index (κ3) is 3.74. The second-order valence-corrected chi connectivity index (χ2v) is 5.11. The van der Waals surface area contributed by atoms with Crippen LogP contribution in [0.5, 0.6) is 0 Å². The van der Waals surface area contributed by atoms with Gasteiger partial charge in [-0.3, -0.25) is 0 Å². The van der Waals surface area contributed by atoms with Gasteiger partial charge in [-0.1, -0.05) is 6.42 Å². The Kier molecular flexibility index (Phi) is 4.42. The lowest BCUT2D eigenvalue weighted by molar-refractivity contribution is 0.157. The van der Waals surface area contributed by atoms with Crippen molar-refractivity contribution in [1.82, 2.24) is 9.80 Å². The van der Waals surface area contributed by atoms with E-state index in [1.165, 1.54) is 64.8 Å². The van der Waals surface area contributed by atoms with E-state index in [2.05, 4.69) is 9.80 Å². The van der Waals surface area contributed by atoms with Gasteiger partial charge in [-0.25, -0.2) is 0 Å². The topological polar surface area (TPSA) is 32.5 Å². The molecule has 3 heteroatoms. The molecule has 0 aliphatic carbocycles. The van der Waals surface area contributed by atoms with E-state index in [1.807, 2.05) is 0 Å². The van der Waals surface area contributed by atoms with Gasteiger partial charge < -0.3 is 15.5 Å². The Morgan fingerprint density at radius 1 is 0.867 bits per heavy atom. The summed E-state index contributed by atoms with van der Waals surface area (Å²) in [5.41, 5.74) is 5.98. The lowest BCUT2D eigenvalue weighted by Crippen LogP contribution is -2.46. The zero-order chi connectivity index (χ0) is 10.5. The Morgan fingerprint density at radius 3 is 2.27 bits per heavy atom. The van der Waals surface area contributed by atoms with Crippen molar-refractivity contribution in [3.05, 3.63) is 0 Å². The first kappa shape index (κ1) is 11.4. The van der Waals surface area contributed by atoms with Crippen molar-refractivity contribution in [2.75, 3.05) is 39.3 Å². The Bertz CT molecular complexity index is 178. The summed E-state index contributed by atoms with van der Waals surface area (Å²) in [5, 5.41) is 0. The molecule has 3 nitrogen and oxygen atoms in total. The summed E-state index contributed by atoms with van der Waals surface area (Å²) >= 11 is 0. The van der Waals surface area contributed by atoms with Crippen molar-refractivity contribution in [1.29, 1.82) is 0 Å². The summed E-state index contributed by atoms with van der Waals surface area (Å²) in [7, 11) is 0. The smallest absolute Gasteiger partial charge is 0.0168 e. The highest BCUT2D eigenvalue weighted by atomic mass is 15.2. The molecule has 2 aliphatic heterocycles. The fourth-order valence-corrected chi connectivity index (χ4v) is 2.76. The first-order valence-corrected chi connectivity index (χ1v) is 6.55. The molecule has 1 atom stereocenters. The van der Waals surface area contributed by atoms with Crippen LogP contribution in [0.4, 0.5) is 0 Å². The molecule has 0 bridgehead atoms. The Hall–Kier alpha value is -0.120. The number of hydrogen-bond donors (Lipinski definition) is 1. The average molecular weight is 211 g/mol. The zero-order valence-electron chi connectivity index (χ0n) is 9.83. The lowest BCUT2D eigenvalue weighted by Gasteiger charge is -2.33. The summed E-state index contributed by atoms with van der Waals surface area (Å²) in [5.74, 6) is 0.